The summed E-state index contributed by atoms with van der Waals surface area (Å²) in [4.78, 5) is 12.2. The summed E-state index contributed by atoms with van der Waals surface area (Å²) < 4.78 is 0.792. The third-order valence-corrected chi connectivity index (χ3v) is 4.50. The van der Waals surface area contributed by atoms with E-state index < -0.39 is 0 Å². The van der Waals surface area contributed by atoms with Crippen molar-refractivity contribution in [3.8, 4) is 5.75 Å². The molecule has 2 atom stereocenters. The largest absolute Gasteiger partial charge is 0.507 e. The normalized spacial score (nSPS) is 29.2. The topological polar surface area (TPSA) is 61.4 Å². The molecule has 0 spiro atoms. The van der Waals surface area contributed by atoms with Gasteiger partial charge in [-0.25, -0.2) is 0 Å². The maximum Gasteiger partial charge on any atom is 0.255 e. The van der Waals surface area contributed by atoms with Gasteiger partial charge in [0.1, 0.15) is 5.75 Å². The second kappa shape index (κ2) is 5.13. The first-order valence-corrected chi connectivity index (χ1v) is 7.46. The van der Waals surface area contributed by atoms with E-state index in [1.807, 2.05) is 0 Å². The predicted molar refractivity (Wildman–Crippen MR) is 76.2 cm³/mol. The van der Waals surface area contributed by atoms with Crippen molar-refractivity contribution in [1.82, 2.24) is 10.6 Å². The van der Waals surface area contributed by atoms with Crippen molar-refractivity contribution in [1.29, 1.82) is 0 Å². The summed E-state index contributed by atoms with van der Waals surface area (Å²) in [7, 11) is 0. The molecule has 2 saturated heterocycles. The van der Waals surface area contributed by atoms with Gasteiger partial charge in [-0.3, -0.25) is 4.79 Å². The summed E-state index contributed by atoms with van der Waals surface area (Å²) >= 11 is 3.32. The quantitative estimate of drug-likeness (QED) is 0.781. The van der Waals surface area contributed by atoms with Crippen molar-refractivity contribution in [2.75, 3.05) is 0 Å². The molecule has 0 radical (unpaired) electrons. The molecule has 4 nitrogen and oxygen atoms in total. The van der Waals surface area contributed by atoms with Gasteiger partial charge in [0.2, 0.25) is 0 Å². The molecular weight excluding hydrogens is 308 g/mol. The van der Waals surface area contributed by atoms with Gasteiger partial charge in [0, 0.05) is 22.6 Å². The van der Waals surface area contributed by atoms with Crippen LogP contribution in [-0.4, -0.2) is 29.1 Å². The lowest BCUT2D eigenvalue weighted by Gasteiger charge is -2.29. The summed E-state index contributed by atoms with van der Waals surface area (Å²) in [5, 5.41) is 16.3. The molecule has 19 heavy (non-hydrogen) atoms. The molecule has 102 valence electrons. The Morgan fingerprint density at radius 1 is 1.32 bits per heavy atom. The number of carbonyl (C=O) groups excluding carboxylic acids is 1. The van der Waals surface area contributed by atoms with Crippen molar-refractivity contribution in [3.05, 3.63) is 28.2 Å². The number of hydrogen-bond donors (Lipinski definition) is 3. The number of hydrogen-bond acceptors (Lipinski definition) is 3. The van der Waals surface area contributed by atoms with Gasteiger partial charge in [-0.2, -0.15) is 0 Å². The highest BCUT2D eigenvalue weighted by atomic mass is 79.9. The number of fused-ring (bicyclic) bond motifs is 2. The van der Waals surface area contributed by atoms with E-state index in [4.69, 9.17) is 0 Å². The monoisotopic (exact) mass is 324 g/mol. The Bertz CT molecular complexity index is 494. The van der Waals surface area contributed by atoms with E-state index in [0.29, 0.717) is 17.6 Å². The fourth-order valence-electron chi connectivity index (χ4n) is 3.13. The molecule has 0 aromatic heterocycles. The van der Waals surface area contributed by atoms with Crippen LogP contribution in [0.4, 0.5) is 0 Å². The van der Waals surface area contributed by atoms with Crippen molar-refractivity contribution in [2.45, 2.75) is 43.8 Å². The third-order valence-electron chi connectivity index (χ3n) is 4.01. The molecule has 5 heteroatoms. The molecule has 1 aromatic carbocycles. The summed E-state index contributed by atoms with van der Waals surface area (Å²) in [6.07, 6.45) is 4.38. The fraction of sp³-hybridized carbons (Fsp3) is 0.500. The zero-order valence-electron chi connectivity index (χ0n) is 10.5. The molecule has 1 amide bonds. The summed E-state index contributed by atoms with van der Waals surface area (Å²) in [6, 6.07) is 6.20. The van der Waals surface area contributed by atoms with Gasteiger partial charge >= 0.3 is 0 Å². The average molecular weight is 325 g/mol. The molecule has 2 unspecified atom stereocenters. The number of nitrogens with one attached hydrogen (secondary N) is 2. The minimum Gasteiger partial charge on any atom is -0.507 e. The molecule has 1 aromatic rings. The maximum atomic E-state index is 12.2. The Balaban J connectivity index is 1.69. The van der Waals surface area contributed by atoms with Crippen molar-refractivity contribution in [2.24, 2.45) is 0 Å². The fourth-order valence-corrected chi connectivity index (χ4v) is 3.49. The second-order valence-corrected chi connectivity index (χ2v) is 6.36. The highest BCUT2D eigenvalue weighted by Gasteiger charge is 2.34. The molecule has 2 aliphatic rings. The number of benzene rings is 1. The van der Waals surface area contributed by atoms with Crippen LogP contribution in [0.2, 0.25) is 0 Å². The van der Waals surface area contributed by atoms with Gasteiger partial charge in [-0.15, -0.1) is 0 Å². The summed E-state index contributed by atoms with van der Waals surface area (Å²) in [5.41, 5.74) is 0.334. The van der Waals surface area contributed by atoms with Gasteiger partial charge in [0.05, 0.1) is 5.56 Å². The van der Waals surface area contributed by atoms with E-state index >= 15 is 0 Å². The summed E-state index contributed by atoms with van der Waals surface area (Å²) in [6.45, 7) is 0. The second-order valence-electron chi connectivity index (χ2n) is 5.44. The van der Waals surface area contributed by atoms with Gasteiger partial charge in [-0.1, -0.05) is 15.9 Å². The maximum absolute atomic E-state index is 12.2. The highest BCUT2D eigenvalue weighted by Crippen LogP contribution is 2.28. The molecule has 2 aliphatic heterocycles. The van der Waals surface area contributed by atoms with Crippen LogP contribution in [0.1, 0.15) is 36.0 Å². The Hall–Kier alpha value is -1.07. The first-order valence-electron chi connectivity index (χ1n) is 6.67. The zero-order chi connectivity index (χ0) is 13.4. The molecule has 2 bridgehead atoms. The van der Waals surface area contributed by atoms with Gasteiger partial charge < -0.3 is 15.7 Å². The van der Waals surface area contributed by atoms with E-state index in [0.717, 1.165) is 17.3 Å². The molecule has 0 aliphatic carbocycles. The number of aromatic hydroxyl groups is 1. The van der Waals surface area contributed by atoms with Crippen molar-refractivity contribution in [3.63, 3.8) is 0 Å². The average Bonchev–Trinajstić information content (AvgIpc) is 2.71. The number of phenolic OH excluding ortho intramolecular Hbond substituents is 1. The number of piperidine rings is 1. The molecule has 2 fully saturated rings. The van der Waals surface area contributed by atoms with Gasteiger partial charge in [0.25, 0.3) is 5.91 Å². The molecule has 0 saturated carbocycles. The minimum absolute atomic E-state index is 0.0256. The number of phenols is 1. The summed E-state index contributed by atoms with van der Waals surface area (Å²) in [5.74, 6) is -0.164. The van der Waals surface area contributed by atoms with Crippen LogP contribution >= 0.6 is 15.9 Å². The molecule has 3 N–H and O–H groups in total. The van der Waals surface area contributed by atoms with Crippen LogP contribution in [0.3, 0.4) is 0 Å². The standard InChI is InChI=1S/C14H17BrN2O2/c15-8-1-4-13(18)12(5-8)14(19)17-11-6-9-2-3-10(7-11)16-9/h1,4-5,9-11,16,18H,2-3,6-7H2,(H,17,19). The Kier molecular flexibility index (Phi) is 3.50. The first-order chi connectivity index (χ1) is 9.11. The number of carbonyl (C=O) groups is 1. The molecular formula is C14H17BrN2O2. The van der Waals surface area contributed by atoms with Crippen LogP contribution in [0, 0.1) is 0 Å². The van der Waals surface area contributed by atoms with E-state index in [9.17, 15) is 9.90 Å². The van der Waals surface area contributed by atoms with Crippen LogP contribution < -0.4 is 10.6 Å². The van der Waals surface area contributed by atoms with Gasteiger partial charge in [-0.05, 0) is 43.9 Å². The van der Waals surface area contributed by atoms with E-state index in [2.05, 4.69) is 26.6 Å². The third kappa shape index (κ3) is 2.77. The zero-order valence-corrected chi connectivity index (χ0v) is 12.1. The van der Waals surface area contributed by atoms with Gasteiger partial charge in [0.15, 0.2) is 0 Å². The number of halogens is 1. The first kappa shape index (κ1) is 12.9. The Labute approximate surface area is 120 Å². The lowest BCUT2D eigenvalue weighted by atomic mass is 9.99. The van der Waals surface area contributed by atoms with E-state index in [1.54, 1.807) is 12.1 Å². The van der Waals surface area contributed by atoms with Crippen LogP contribution in [0.5, 0.6) is 5.75 Å². The predicted octanol–water partition coefficient (Wildman–Crippen LogP) is 2.17. The molecule has 2 heterocycles. The van der Waals surface area contributed by atoms with E-state index in [-0.39, 0.29) is 17.7 Å². The SMILES string of the molecule is O=C(NC1CC2CCC(C1)N2)c1cc(Br)ccc1O. The lowest BCUT2D eigenvalue weighted by Crippen LogP contribution is -2.48. The van der Waals surface area contributed by atoms with Crippen molar-refractivity contribution >= 4 is 21.8 Å². The number of rotatable bonds is 2. The van der Waals surface area contributed by atoms with Crippen LogP contribution in [-0.2, 0) is 0 Å². The Morgan fingerprint density at radius 3 is 2.68 bits per heavy atom. The molecule has 3 rings (SSSR count). The Morgan fingerprint density at radius 2 is 2.00 bits per heavy atom. The highest BCUT2D eigenvalue weighted by molar-refractivity contribution is 9.10. The minimum atomic E-state index is -0.190. The van der Waals surface area contributed by atoms with Crippen LogP contribution in [0.15, 0.2) is 22.7 Å². The lowest BCUT2D eigenvalue weighted by molar-refractivity contribution is 0.0921. The van der Waals surface area contributed by atoms with E-state index in [1.165, 1.54) is 18.9 Å². The van der Waals surface area contributed by atoms with Crippen molar-refractivity contribution < 1.29 is 9.90 Å². The smallest absolute Gasteiger partial charge is 0.255 e. The van der Waals surface area contributed by atoms with Crippen LogP contribution in [0.25, 0.3) is 0 Å². The number of amides is 1.